The molecule has 0 radical (unpaired) electrons. The van der Waals surface area contributed by atoms with Crippen molar-refractivity contribution in [1.29, 1.82) is 0 Å². The molecular formula is C29H37N7O4. The maximum absolute atomic E-state index is 13.4. The van der Waals surface area contributed by atoms with E-state index in [1.54, 1.807) is 21.5 Å². The number of methoxy groups -OCH3 is 1. The number of piperidine rings is 2. The summed E-state index contributed by atoms with van der Waals surface area (Å²) in [7, 11) is 1.33. The van der Waals surface area contributed by atoms with Gasteiger partial charge in [0, 0.05) is 25.2 Å². The van der Waals surface area contributed by atoms with Crippen LogP contribution in [0, 0.1) is 23.2 Å². The van der Waals surface area contributed by atoms with Crippen LogP contribution in [0.3, 0.4) is 0 Å². The van der Waals surface area contributed by atoms with E-state index in [0.717, 1.165) is 44.2 Å². The van der Waals surface area contributed by atoms with E-state index in [-0.39, 0.29) is 42.2 Å². The van der Waals surface area contributed by atoms with Gasteiger partial charge >= 0.3 is 5.97 Å². The van der Waals surface area contributed by atoms with E-state index >= 15 is 0 Å². The normalized spacial score (nSPS) is 28.4. The lowest BCUT2D eigenvalue weighted by atomic mass is 9.57. The molecule has 2 saturated heterocycles. The Bertz CT molecular complexity index is 1420. The number of imidazole rings is 1. The molecule has 2 aliphatic carbocycles. The zero-order valence-corrected chi connectivity index (χ0v) is 23.3. The lowest BCUT2D eigenvalue weighted by Crippen LogP contribution is -2.67. The second-order valence-corrected chi connectivity index (χ2v) is 11.8. The molecule has 7 rings (SSSR count). The summed E-state index contributed by atoms with van der Waals surface area (Å²) in [5.41, 5.74) is 1.26. The van der Waals surface area contributed by atoms with Crippen molar-refractivity contribution in [3.63, 3.8) is 0 Å². The van der Waals surface area contributed by atoms with Crippen LogP contribution in [-0.4, -0.2) is 55.3 Å². The van der Waals surface area contributed by atoms with Crippen LogP contribution in [0.4, 0.5) is 0 Å². The number of nitrogens with zero attached hydrogens (tertiary/aromatic N) is 5. The first-order valence-corrected chi connectivity index (χ1v) is 14.4. The van der Waals surface area contributed by atoms with Gasteiger partial charge in [-0.1, -0.05) is 19.8 Å². The van der Waals surface area contributed by atoms with Crippen LogP contribution in [0.15, 0.2) is 30.6 Å². The van der Waals surface area contributed by atoms with Crippen molar-refractivity contribution in [2.24, 2.45) is 23.2 Å². The minimum Gasteiger partial charge on any atom is -0.468 e. The Hall–Kier alpha value is -3.76. The smallest absolute Gasteiger partial charge is 0.322 e. The number of amides is 2. The number of rotatable bonds is 8. The van der Waals surface area contributed by atoms with Gasteiger partial charge in [0.2, 0.25) is 5.91 Å². The van der Waals surface area contributed by atoms with Gasteiger partial charge in [-0.3, -0.25) is 19.1 Å². The number of fused-ring (bicyclic) bond motifs is 3. The van der Waals surface area contributed by atoms with Crippen molar-refractivity contribution < 1.29 is 19.1 Å². The second-order valence-electron chi connectivity index (χ2n) is 11.8. The van der Waals surface area contributed by atoms with E-state index in [1.165, 1.54) is 7.11 Å². The van der Waals surface area contributed by atoms with Crippen molar-refractivity contribution >= 4 is 23.4 Å². The van der Waals surface area contributed by atoms with Crippen LogP contribution in [0.1, 0.15) is 80.3 Å². The molecule has 2 saturated carbocycles. The number of ether oxygens (including phenoxy) is 1. The Morgan fingerprint density at radius 2 is 1.98 bits per heavy atom. The highest BCUT2D eigenvalue weighted by Crippen LogP contribution is 2.49. The van der Waals surface area contributed by atoms with Gasteiger partial charge in [-0.05, 0) is 68.6 Å². The Morgan fingerprint density at radius 1 is 1.20 bits per heavy atom. The number of carbonyl (C=O) groups is 3. The van der Waals surface area contributed by atoms with Crippen LogP contribution in [0.5, 0.6) is 0 Å². The Morgan fingerprint density at radius 3 is 2.67 bits per heavy atom. The van der Waals surface area contributed by atoms with Crippen LogP contribution in [0.25, 0.3) is 5.65 Å². The molecule has 212 valence electrons. The van der Waals surface area contributed by atoms with Gasteiger partial charge < -0.3 is 15.4 Å². The van der Waals surface area contributed by atoms with E-state index in [2.05, 4.69) is 22.7 Å². The molecule has 0 spiro atoms. The predicted octanol–water partition coefficient (Wildman–Crippen LogP) is 2.85. The summed E-state index contributed by atoms with van der Waals surface area (Å²) in [5.74, 6) is -0.0926. The van der Waals surface area contributed by atoms with Gasteiger partial charge in [0.1, 0.15) is 5.69 Å². The first kappa shape index (κ1) is 26.5. The molecular weight excluding hydrogens is 510 g/mol. The fraction of sp³-hybridized carbons (Fsp3) is 0.586. The molecule has 0 aromatic carbocycles. The van der Waals surface area contributed by atoms with Crippen molar-refractivity contribution in [1.82, 2.24) is 35.0 Å². The molecule has 5 heterocycles. The molecule has 2 amide bonds. The number of carbonyl (C=O) groups excluding carboxylic acids is 3. The van der Waals surface area contributed by atoms with E-state index < -0.39 is 11.4 Å². The minimum absolute atomic E-state index is 0.0561. The van der Waals surface area contributed by atoms with Gasteiger partial charge in [0.05, 0.1) is 30.7 Å². The lowest BCUT2D eigenvalue weighted by molar-refractivity contribution is -0.173. The number of esters is 1. The topological polar surface area (TPSA) is 133 Å². The number of aromatic nitrogens is 5. The first-order valence-electron chi connectivity index (χ1n) is 14.4. The summed E-state index contributed by atoms with van der Waals surface area (Å²) in [4.78, 5) is 44.2. The summed E-state index contributed by atoms with van der Waals surface area (Å²) < 4.78 is 8.50. The highest BCUT2D eigenvalue weighted by atomic mass is 16.5. The summed E-state index contributed by atoms with van der Waals surface area (Å²) in [6.45, 7) is 4.84. The van der Waals surface area contributed by atoms with Crippen LogP contribution in [0.2, 0.25) is 0 Å². The van der Waals surface area contributed by atoms with Crippen molar-refractivity contribution in [3.05, 3.63) is 47.7 Å². The Balaban J connectivity index is 1.31. The zero-order valence-electron chi connectivity index (χ0n) is 23.3. The van der Waals surface area contributed by atoms with E-state index in [0.29, 0.717) is 29.5 Å². The molecule has 40 heavy (non-hydrogen) atoms. The summed E-state index contributed by atoms with van der Waals surface area (Å²) >= 11 is 0. The SMILES string of the molecule is CCn1nccc1C(=O)N[C@H](c1cn2nc(CC3(C(=O)OC)C(=O)NC4CC3C4)ccc2n1)C1CCC(C)CC1. The maximum atomic E-state index is 13.4. The van der Waals surface area contributed by atoms with Gasteiger partial charge in [0.15, 0.2) is 11.1 Å². The third kappa shape index (κ3) is 4.45. The van der Waals surface area contributed by atoms with E-state index in [9.17, 15) is 14.4 Å². The molecule has 2 atom stereocenters. The number of hydrogen-bond acceptors (Lipinski definition) is 7. The number of nitrogens with one attached hydrogen (secondary N) is 2. The van der Waals surface area contributed by atoms with Crippen molar-refractivity contribution in [2.75, 3.05) is 7.11 Å². The van der Waals surface area contributed by atoms with Crippen molar-refractivity contribution in [3.8, 4) is 0 Å². The second kappa shape index (κ2) is 10.3. The quantitative estimate of drug-likeness (QED) is 0.327. The highest BCUT2D eigenvalue weighted by molar-refractivity contribution is 6.04. The van der Waals surface area contributed by atoms with Gasteiger partial charge in [-0.15, -0.1) is 0 Å². The summed E-state index contributed by atoms with van der Waals surface area (Å²) in [5, 5.41) is 15.3. The van der Waals surface area contributed by atoms with Crippen LogP contribution < -0.4 is 10.6 Å². The third-order valence-corrected chi connectivity index (χ3v) is 9.36. The highest BCUT2D eigenvalue weighted by Gasteiger charge is 2.61. The third-order valence-electron chi connectivity index (χ3n) is 9.36. The number of aryl methyl sites for hydroxylation is 1. The molecule has 2 N–H and O–H groups in total. The van der Waals surface area contributed by atoms with E-state index in [4.69, 9.17) is 14.8 Å². The molecule has 4 aliphatic rings. The largest absolute Gasteiger partial charge is 0.468 e. The summed E-state index contributed by atoms with van der Waals surface area (Å²) in [6, 6.07) is 5.29. The molecule has 3 aromatic heterocycles. The molecule has 1 unspecified atom stereocenters. The molecule has 3 aromatic rings. The molecule has 11 heteroatoms. The van der Waals surface area contributed by atoms with Gasteiger partial charge in [0.25, 0.3) is 5.91 Å². The molecule has 2 aliphatic heterocycles. The van der Waals surface area contributed by atoms with Crippen molar-refractivity contribution in [2.45, 2.75) is 77.4 Å². The fourth-order valence-electron chi connectivity index (χ4n) is 6.89. The predicted molar refractivity (Wildman–Crippen MR) is 145 cm³/mol. The monoisotopic (exact) mass is 547 g/mol. The Labute approximate surface area is 233 Å². The van der Waals surface area contributed by atoms with Crippen LogP contribution >= 0.6 is 0 Å². The van der Waals surface area contributed by atoms with Gasteiger partial charge in [-0.2, -0.15) is 10.2 Å². The average molecular weight is 548 g/mol. The molecule has 11 nitrogen and oxygen atoms in total. The average Bonchev–Trinajstić information content (AvgIpc) is 3.59. The first-order chi connectivity index (χ1) is 19.3. The molecule has 4 fully saturated rings. The standard InChI is InChI=1S/C29H37N7O4/c1-4-35-23(11-12-30-35)26(37)33-25(18-7-5-17(2)6-8-18)22-16-36-24(32-22)10-9-20(34-36)15-29(28(39)40-3)19-13-21(14-19)31-27(29)38/h9-12,16-19,21,25H,4-8,13-15H2,1-3H3,(H,31,38)(H,33,37)/t17?,18?,19?,21?,25-,29?/m0/s1. The Kier molecular flexibility index (Phi) is 6.83. The number of hydrogen-bond donors (Lipinski definition) is 2. The van der Waals surface area contributed by atoms with E-state index in [1.807, 2.05) is 25.3 Å². The fourth-order valence-corrected chi connectivity index (χ4v) is 6.89. The summed E-state index contributed by atoms with van der Waals surface area (Å²) in [6.07, 6.45) is 9.45. The maximum Gasteiger partial charge on any atom is 0.322 e. The zero-order chi connectivity index (χ0) is 28.0. The minimum atomic E-state index is -1.27. The molecule has 2 bridgehead atoms. The lowest BCUT2D eigenvalue weighted by Gasteiger charge is -2.52. The van der Waals surface area contributed by atoms with Gasteiger partial charge in [-0.25, -0.2) is 9.50 Å². The van der Waals surface area contributed by atoms with Crippen LogP contribution in [-0.2, 0) is 27.3 Å².